The summed E-state index contributed by atoms with van der Waals surface area (Å²) < 4.78 is 11.0. The Morgan fingerprint density at radius 3 is 2.85 bits per heavy atom. The average Bonchev–Trinajstić information content (AvgIpc) is 2.44. The number of amides is 1. The summed E-state index contributed by atoms with van der Waals surface area (Å²) in [6, 6.07) is 5.18. The van der Waals surface area contributed by atoms with Gasteiger partial charge in [0.05, 0.1) is 18.8 Å². The Hall–Kier alpha value is -1.11. The molecule has 112 valence electrons. The molecular weight excluding hydrogens is 324 g/mol. The first-order chi connectivity index (χ1) is 9.65. The van der Waals surface area contributed by atoms with E-state index in [0.29, 0.717) is 37.6 Å². The molecule has 0 saturated heterocycles. The van der Waals surface area contributed by atoms with Gasteiger partial charge in [-0.15, -0.1) is 0 Å². The Labute approximate surface area is 127 Å². The number of unbranched alkanes of at least 4 members (excludes halogenated alkanes) is 1. The van der Waals surface area contributed by atoms with E-state index in [2.05, 4.69) is 21.2 Å². The third-order valence-corrected chi connectivity index (χ3v) is 3.36. The highest BCUT2D eigenvalue weighted by Gasteiger charge is 2.09. The smallest absolute Gasteiger partial charge is 0.252 e. The zero-order valence-corrected chi connectivity index (χ0v) is 13.2. The number of nitrogen functional groups attached to an aromatic ring is 1. The quantitative estimate of drug-likeness (QED) is 0.532. The number of nitrogens with two attached hydrogens (primary N) is 1. The van der Waals surface area contributed by atoms with Crippen molar-refractivity contribution >= 4 is 27.5 Å². The first kappa shape index (κ1) is 16.9. The zero-order chi connectivity index (χ0) is 14.8. The molecule has 0 aliphatic heterocycles. The first-order valence-electron chi connectivity index (χ1n) is 6.55. The summed E-state index contributed by atoms with van der Waals surface area (Å²) in [4.78, 5) is 11.9. The lowest BCUT2D eigenvalue weighted by Crippen LogP contribution is -2.25. The summed E-state index contributed by atoms with van der Waals surface area (Å²) in [7, 11) is 1.65. The van der Waals surface area contributed by atoms with Crippen LogP contribution < -0.4 is 11.1 Å². The Kier molecular flexibility index (Phi) is 8.25. The maximum atomic E-state index is 11.9. The van der Waals surface area contributed by atoms with Crippen LogP contribution >= 0.6 is 15.9 Å². The standard InChI is InChI=1S/C14H21BrN2O3/c1-19-8-9-20-7-3-2-6-17-14(18)12-10-11(16)4-5-13(12)15/h4-5,10H,2-3,6-9,16H2,1H3,(H,17,18). The van der Waals surface area contributed by atoms with Crippen LogP contribution in [-0.4, -0.2) is 39.4 Å². The highest BCUT2D eigenvalue weighted by atomic mass is 79.9. The van der Waals surface area contributed by atoms with Crippen LogP contribution in [0.3, 0.4) is 0 Å². The van der Waals surface area contributed by atoms with Crippen LogP contribution in [0.25, 0.3) is 0 Å². The Morgan fingerprint density at radius 1 is 1.30 bits per heavy atom. The van der Waals surface area contributed by atoms with Gasteiger partial charge in [0.25, 0.3) is 5.91 Å². The van der Waals surface area contributed by atoms with Crippen molar-refractivity contribution in [2.24, 2.45) is 0 Å². The maximum absolute atomic E-state index is 11.9. The van der Waals surface area contributed by atoms with E-state index in [1.165, 1.54) is 0 Å². The molecule has 0 bridgehead atoms. The fourth-order valence-corrected chi connectivity index (χ4v) is 2.01. The largest absolute Gasteiger partial charge is 0.399 e. The number of carbonyl (C=O) groups is 1. The first-order valence-corrected chi connectivity index (χ1v) is 7.34. The fourth-order valence-electron chi connectivity index (χ4n) is 1.59. The molecule has 0 spiro atoms. The summed E-state index contributed by atoms with van der Waals surface area (Å²) >= 11 is 3.34. The van der Waals surface area contributed by atoms with E-state index in [-0.39, 0.29) is 5.91 Å². The van der Waals surface area contributed by atoms with Crippen molar-refractivity contribution in [1.82, 2.24) is 5.32 Å². The number of nitrogens with one attached hydrogen (secondary N) is 1. The molecule has 0 aliphatic rings. The van der Waals surface area contributed by atoms with Gasteiger partial charge >= 0.3 is 0 Å². The summed E-state index contributed by atoms with van der Waals surface area (Å²) in [5.41, 5.74) is 6.80. The molecule has 0 atom stereocenters. The number of halogens is 1. The third kappa shape index (κ3) is 6.36. The SMILES string of the molecule is COCCOCCCCNC(=O)c1cc(N)ccc1Br. The van der Waals surface area contributed by atoms with Crippen LogP contribution in [0.2, 0.25) is 0 Å². The summed E-state index contributed by atoms with van der Waals surface area (Å²) in [6.07, 6.45) is 1.78. The molecule has 0 unspecified atom stereocenters. The van der Waals surface area contributed by atoms with Gasteiger partial charge in [-0.3, -0.25) is 4.79 Å². The molecule has 5 nitrogen and oxygen atoms in total. The lowest BCUT2D eigenvalue weighted by molar-refractivity contribution is 0.0686. The number of methoxy groups -OCH3 is 1. The number of benzene rings is 1. The molecule has 1 rings (SSSR count). The molecule has 1 amide bonds. The number of hydrogen-bond donors (Lipinski definition) is 2. The van der Waals surface area contributed by atoms with E-state index in [4.69, 9.17) is 15.2 Å². The molecule has 0 fully saturated rings. The highest BCUT2D eigenvalue weighted by molar-refractivity contribution is 9.10. The van der Waals surface area contributed by atoms with E-state index >= 15 is 0 Å². The third-order valence-electron chi connectivity index (χ3n) is 2.67. The molecule has 0 radical (unpaired) electrons. The van der Waals surface area contributed by atoms with Gasteiger partial charge in [-0.25, -0.2) is 0 Å². The highest BCUT2D eigenvalue weighted by Crippen LogP contribution is 2.19. The van der Waals surface area contributed by atoms with Crippen LogP contribution in [0.15, 0.2) is 22.7 Å². The van der Waals surface area contributed by atoms with Crippen LogP contribution in [0, 0.1) is 0 Å². The van der Waals surface area contributed by atoms with E-state index in [9.17, 15) is 4.79 Å². The van der Waals surface area contributed by atoms with Crippen LogP contribution in [0.5, 0.6) is 0 Å². The van der Waals surface area contributed by atoms with Crippen LogP contribution in [0.4, 0.5) is 5.69 Å². The van der Waals surface area contributed by atoms with Gasteiger partial charge in [0.2, 0.25) is 0 Å². The van der Waals surface area contributed by atoms with E-state index in [1.54, 1.807) is 25.3 Å². The Balaban J connectivity index is 2.18. The van der Waals surface area contributed by atoms with E-state index < -0.39 is 0 Å². The average molecular weight is 345 g/mol. The van der Waals surface area contributed by atoms with Gasteiger partial charge in [0.1, 0.15) is 0 Å². The van der Waals surface area contributed by atoms with Crippen molar-refractivity contribution in [1.29, 1.82) is 0 Å². The Bertz CT molecular complexity index is 427. The van der Waals surface area contributed by atoms with Crippen molar-refractivity contribution in [2.75, 3.05) is 39.2 Å². The van der Waals surface area contributed by atoms with Gasteiger partial charge in [-0.05, 0) is 47.0 Å². The lowest BCUT2D eigenvalue weighted by Gasteiger charge is -2.08. The fraction of sp³-hybridized carbons (Fsp3) is 0.500. The molecule has 1 aromatic rings. The molecule has 0 aromatic heterocycles. The molecule has 20 heavy (non-hydrogen) atoms. The van der Waals surface area contributed by atoms with Crippen molar-refractivity contribution in [3.05, 3.63) is 28.2 Å². The predicted molar refractivity (Wildman–Crippen MR) is 82.8 cm³/mol. The van der Waals surface area contributed by atoms with Gasteiger partial charge in [-0.2, -0.15) is 0 Å². The molecule has 0 heterocycles. The maximum Gasteiger partial charge on any atom is 0.252 e. The molecule has 0 aliphatic carbocycles. The normalized spacial score (nSPS) is 10.5. The summed E-state index contributed by atoms with van der Waals surface area (Å²) in [5, 5.41) is 2.86. The molecule has 6 heteroatoms. The van der Waals surface area contributed by atoms with Crippen molar-refractivity contribution in [3.8, 4) is 0 Å². The monoisotopic (exact) mass is 344 g/mol. The van der Waals surface area contributed by atoms with Crippen molar-refractivity contribution in [3.63, 3.8) is 0 Å². The number of anilines is 1. The number of ether oxygens (including phenoxy) is 2. The van der Waals surface area contributed by atoms with Crippen molar-refractivity contribution in [2.45, 2.75) is 12.8 Å². The van der Waals surface area contributed by atoms with Gasteiger partial charge in [0, 0.05) is 30.4 Å². The van der Waals surface area contributed by atoms with E-state index in [1.807, 2.05) is 0 Å². The molecule has 3 N–H and O–H groups in total. The van der Waals surface area contributed by atoms with Gasteiger partial charge in [-0.1, -0.05) is 0 Å². The minimum atomic E-state index is -0.121. The second-order valence-electron chi connectivity index (χ2n) is 4.31. The minimum Gasteiger partial charge on any atom is -0.399 e. The summed E-state index contributed by atoms with van der Waals surface area (Å²) in [5.74, 6) is -0.121. The molecule has 0 saturated carbocycles. The second-order valence-corrected chi connectivity index (χ2v) is 5.16. The van der Waals surface area contributed by atoms with Gasteiger partial charge < -0.3 is 20.5 Å². The second kappa shape index (κ2) is 9.74. The summed E-state index contributed by atoms with van der Waals surface area (Å²) in [6.45, 7) is 2.52. The zero-order valence-electron chi connectivity index (χ0n) is 11.7. The molecular formula is C14H21BrN2O3. The number of hydrogen-bond acceptors (Lipinski definition) is 4. The molecule has 1 aromatic carbocycles. The van der Waals surface area contributed by atoms with Gasteiger partial charge in [0.15, 0.2) is 0 Å². The number of rotatable bonds is 9. The topological polar surface area (TPSA) is 73.6 Å². The Morgan fingerprint density at radius 2 is 2.10 bits per heavy atom. The van der Waals surface area contributed by atoms with Crippen molar-refractivity contribution < 1.29 is 14.3 Å². The predicted octanol–water partition coefficient (Wildman–Crippen LogP) is 2.20. The minimum absolute atomic E-state index is 0.121. The lowest BCUT2D eigenvalue weighted by atomic mass is 10.2. The number of carbonyl (C=O) groups excluding carboxylic acids is 1. The van der Waals surface area contributed by atoms with E-state index in [0.717, 1.165) is 17.3 Å². The van der Waals surface area contributed by atoms with Crippen LogP contribution in [-0.2, 0) is 9.47 Å². The van der Waals surface area contributed by atoms with Crippen LogP contribution in [0.1, 0.15) is 23.2 Å².